The van der Waals surface area contributed by atoms with Gasteiger partial charge in [0.15, 0.2) is 0 Å². The van der Waals surface area contributed by atoms with Crippen molar-refractivity contribution in [1.82, 2.24) is 9.55 Å². The lowest BCUT2D eigenvalue weighted by molar-refractivity contribution is 0.654. The van der Waals surface area contributed by atoms with E-state index in [2.05, 4.69) is 94.8 Å². The number of hydrogen-bond donors (Lipinski definition) is 0. The standard InChI is InChI=1S/C20H18Br2N4.2ClH/c21-16-6-7-19(18(22)12-16)26-11-9-24-20(26)17(13-25-10-8-23-14-25)15-4-2-1-3-5-15;;/h1-8,10,12,14,17H,9,11,13H2;2*1H. The van der Waals surface area contributed by atoms with Crippen molar-refractivity contribution in [2.75, 3.05) is 18.0 Å². The molecule has 1 unspecified atom stereocenters. The van der Waals surface area contributed by atoms with Gasteiger partial charge in [0.05, 0.1) is 24.5 Å². The molecular formula is C20H20Br2Cl2N4. The van der Waals surface area contributed by atoms with Crippen LogP contribution >= 0.6 is 56.7 Å². The van der Waals surface area contributed by atoms with Gasteiger partial charge in [0, 0.05) is 34.4 Å². The topological polar surface area (TPSA) is 33.4 Å². The van der Waals surface area contributed by atoms with E-state index < -0.39 is 0 Å². The largest absolute Gasteiger partial charge is 0.336 e. The number of halogens is 4. The van der Waals surface area contributed by atoms with Crippen molar-refractivity contribution in [2.24, 2.45) is 4.99 Å². The molecular weight excluding hydrogens is 527 g/mol. The van der Waals surface area contributed by atoms with Crippen LogP contribution in [0.25, 0.3) is 0 Å². The summed E-state index contributed by atoms with van der Waals surface area (Å²) in [5.74, 6) is 1.27. The fourth-order valence-electron chi connectivity index (χ4n) is 3.33. The molecule has 0 fully saturated rings. The molecule has 1 atom stereocenters. The summed E-state index contributed by atoms with van der Waals surface area (Å²) in [5.41, 5.74) is 2.41. The van der Waals surface area contributed by atoms with E-state index in [4.69, 9.17) is 4.99 Å². The van der Waals surface area contributed by atoms with Gasteiger partial charge in [0.1, 0.15) is 5.84 Å². The van der Waals surface area contributed by atoms with Gasteiger partial charge < -0.3 is 9.47 Å². The molecule has 1 aromatic heterocycles. The average molecular weight is 547 g/mol. The number of amidine groups is 1. The molecule has 0 radical (unpaired) electrons. The van der Waals surface area contributed by atoms with E-state index in [9.17, 15) is 0 Å². The van der Waals surface area contributed by atoms with E-state index >= 15 is 0 Å². The van der Waals surface area contributed by atoms with Gasteiger partial charge in [-0.3, -0.25) is 4.99 Å². The Morgan fingerprint density at radius 3 is 2.50 bits per heavy atom. The van der Waals surface area contributed by atoms with Gasteiger partial charge in [-0.2, -0.15) is 0 Å². The number of imidazole rings is 1. The minimum Gasteiger partial charge on any atom is -0.336 e. The lowest BCUT2D eigenvalue weighted by Gasteiger charge is -2.28. The highest BCUT2D eigenvalue weighted by atomic mass is 79.9. The molecule has 0 amide bonds. The van der Waals surface area contributed by atoms with Crippen molar-refractivity contribution in [1.29, 1.82) is 0 Å². The highest BCUT2D eigenvalue weighted by molar-refractivity contribution is 9.11. The average Bonchev–Trinajstić information content (AvgIpc) is 3.32. The van der Waals surface area contributed by atoms with Crippen LogP contribution in [0, 0.1) is 0 Å². The van der Waals surface area contributed by atoms with Gasteiger partial charge in [0.25, 0.3) is 0 Å². The first-order chi connectivity index (χ1) is 12.7. The summed E-state index contributed by atoms with van der Waals surface area (Å²) >= 11 is 7.25. The Hall–Kier alpha value is -1.34. The monoisotopic (exact) mass is 544 g/mol. The summed E-state index contributed by atoms with van der Waals surface area (Å²) in [5, 5.41) is 0. The van der Waals surface area contributed by atoms with Crippen molar-refractivity contribution in [3.05, 3.63) is 81.8 Å². The van der Waals surface area contributed by atoms with E-state index in [-0.39, 0.29) is 30.7 Å². The highest BCUT2D eigenvalue weighted by Crippen LogP contribution is 2.34. The van der Waals surface area contributed by atoms with Crippen LogP contribution in [-0.2, 0) is 6.54 Å². The van der Waals surface area contributed by atoms with E-state index in [1.165, 1.54) is 5.56 Å². The van der Waals surface area contributed by atoms with Crippen LogP contribution in [0.2, 0.25) is 0 Å². The molecule has 1 aliphatic rings. The second kappa shape index (κ2) is 10.4. The highest BCUT2D eigenvalue weighted by Gasteiger charge is 2.29. The predicted octanol–water partition coefficient (Wildman–Crippen LogP) is 5.95. The lowest BCUT2D eigenvalue weighted by Crippen LogP contribution is -2.34. The zero-order valence-electron chi connectivity index (χ0n) is 14.9. The van der Waals surface area contributed by atoms with Gasteiger partial charge in [-0.25, -0.2) is 4.98 Å². The fourth-order valence-corrected chi connectivity index (χ4v) is 4.59. The third kappa shape index (κ3) is 4.98. The SMILES string of the molecule is Brc1ccc(N2CCN=C2C(Cn2ccnc2)c2ccccc2)c(Br)c1.Cl.Cl. The molecule has 2 heterocycles. The van der Waals surface area contributed by atoms with E-state index in [0.717, 1.165) is 40.1 Å². The summed E-state index contributed by atoms with van der Waals surface area (Å²) in [4.78, 5) is 11.4. The molecule has 3 aromatic rings. The first-order valence-corrected chi connectivity index (χ1v) is 10.1. The van der Waals surface area contributed by atoms with E-state index in [1.807, 2.05) is 18.7 Å². The first kappa shape index (κ1) is 22.9. The smallest absolute Gasteiger partial charge is 0.113 e. The van der Waals surface area contributed by atoms with Crippen molar-refractivity contribution in [3.63, 3.8) is 0 Å². The number of benzene rings is 2. The van der Waals surface area contributed by atoms with Gasteiger partial charge >= 0.3 is 0 Å². The molecule has 4 nitrogen and oxygen atoms in total. The van der Waals surface area contributed by atoms with Crippen LogP contribution in [0.5, 0.6) is 0 Å². The minimum absolute atomic E-state index is 0. The van der Waals surface area contributed by atoms with E-state index in [1.54, 1.807) is 0 Å². The minimum atomic E-state index is 0. The summed E-state index contributed by atoms with van der Waals surface area (Å²) in [6.45, 7) is 2.52. The molecule has 0 bridgehead atoms. The summed E-state index contributed by atoms with van der Waals surface area (Å²) in [7, 11) is 0. The number of nitrogens with zero attached hydrogens (tertiary/aromatic N) is 4. The van der Waals surface area contributed by atoms with Gasteiger partial charge in [-0.15, -0.1) is 24.8 Å². The Bertz CT molecular complexity index is 917. The maximum atomic E-state index is 4.89. The Morgan fingerprint density at radius 1 is 1.04 bits per heavy atom. The molecule has 0 aliphatic carbocycles. The molecule has 2 aromatic carbocycles. The number of aromatic nitrogens is 2. The number of anilines is 1. The molecule has 0 N–H and O–H groups in total. The van der Waals surface area contributed by atoms with Crippen molar-refractivity contribution < 1.29 is 0 Å². The van der Waals surface area contributed by atoms with Crippen LogP contribution in [-0.4, -0.2) is 28.5 Å². The molecule has 28 heavy (non-hydrogen) atoms. The summed E-state index contributed by atoms with van der Waals surface area (Å²) < 4.78 is 4.24. The quantitative estimate of drug-likeness (QED) is 0.396. The molecule has 0 saturated carbocycles. The van der Waals surface area contributed by atoms with Crippen molar-refractivity contribution in [2.45, 2.75) is 12.5 Å². The van der Waals surface area contributed by atoms with Crippen LogP contribution in [0.15, 0.2) is 81.2 Å². The second-order valence-corrected chi connectivity index (χ2v) is 7.98. The van der Waals surface area contributed by atoms with Crippen molar-refractivity contribution in [3.8, 4) is 0 Å². The second-order valence-electron chi connectivity index (χ2n) is 6.21. The van der Waals surface area contributed by atoms with E-state index in [0.29, 0.717) is 0 Å². The van der Waals surface area contributed by atoms with Gasteiger partial charge in [-0.1, -0.05) is 46.3 Å². The maximum absolute atomic E-state index is 4.89. The Balaban J connectivity index is 0.00000140. The third-order valence-corrected chi connectivity index (χ3v) is 5.67. The van der Waals surface area contributed by atoms with Crippen LogP contribution < -0.4 is 4.90 Å². The van der Waals surface area contributed by atoms with Gasteiger partial charge in [-0.05, 0) is 39.7 Å². The molecule has 148 valence electrons. The maximum Gasteiger partial charge on any atom is 0.113 e. The summed E-state index contributed by atoms with van der Waals surface area (Å²) in [6.07, 6.45) is 5.69. The zero-order valence-corrected chi connectivity index (χ0v) is 19.7. The lowest BCUT2D eigenvalue weighted by atomic mass is 9.96. The molecule has 4 rings (SSSR count). The first-order valence-electron chi connectivity index (χ1n) is 8.50. The van der Waals surface area contributed by atoms with Crippen LogP contribution in [0.1, 0.15) is 11.5 Å². The predicted molar refractivity (Wildman–Crippen MR) is 127 cm³/mol. The third-order valence-electron chi connectivity index (χ3n) is 4.54. The fraction of sp³-hybridized carbons (Fsp3) is 0.200. The Morgan fingerprint density at radius 2 is 1.82 bits per heavy atom. The number of aliphatic imine (C=N–C) groups is 1. The van der Waals surface area contributed by atoms with Gasteiger partial charge in [0.2, 0.25) is 0 Å². The normalized spacial score (nSPS) is 14.1. The molecule has 0 saturated heterocycles. The zero-order chi connectivity index (χ0) is 17.9. The number of hydrogen-bond acceptors (Lipinski definition) is 3. The van der Waals surface area contributed by atoms with Crippen LogP contribution in [0.3, 0.4) is 0 Å². The molecule has 0 spiro atoms. The Kier molecular flexibility index (Phi) is 8.56. The Labute approximate surface area is 194 Å². The summed E-state index contributed by atoms with van der Waals surface area (Å²) in [6, 6.07) is 16.9. The number of rotatable bonds is 5. The van der Waals surface area contributed by atoms with Crippen molar-refractivity contribution >= 4 is 68.2 Å². The van der Waals surface area contributed by atoms with Crippen LogP contribution in [0.4, 0.5) is 5.69 Å². The molecule has 8 heteroatoms. The molecule has 1 aliphatic heterocycles.